The Balaban J connectivity index is 3.13. The molecule has 20 nitrogen and oxygen atoms in total. The zero-order valence-corrected chi connectivity index (χ0v) is 34.0. The lowest BCUT2D eigenvalue weighted by molar-refractivity contribution is -0.133. The summed E-state index contributed by atoms with van der Waals surface area (Å²) in [6.45, 7) is 6.53. The summed E-state index contributed by atoms with van der Waals surface area (Å²) in [5, 5.41) is 42.1. The number of hydrogen-bond acceptors (Lipinski definition) is 11. The summed E-state index contributed by atoms with van der Waals surface area (Å²) >= 11 is 0. The van der Waals surface area contributed by atoms with E-state index in [-0.39, 0.29) is 63.3 Å². The van der Waals surface area contributed by atoms with Crippen molar-refractivity contribution in [1.82, 2.24) is 47.9 Å². The minimum absolute atomic E-state index is 0.0940. The van der Waals surface area contributed by atoms with E-state index in [4.69, 9.17) is 0 Å². The van der Waals surface area contributed by atoms with Crippen molar-refractivity contribution >= 4 is 53.2 Å². The molecule has 1 saturated heterocycles. The highest BCUT2D eigenvalue weighted by Crippen LogP contribution is 2.14. The van der Waals surface area contributed by atoms with Gasteiger partial charge in [0.15, 0.2) is 0 Å². The maximum Gasteiger partial charge on any atom is 0.243 e. The van der Waals surface area contributed by atoms with Crippen LogP contribution in [0.25, 0.3) is 0 Å². The van der Waals surface area contributed by atoms with Crippen molar-refractivity contribution in [3.8, 4) is 0 Å². The normalized spacial score (nSPS) is 19.3. The maximum absolute atomic E-state index is 13.3. The number of amides is 9. The molecule has 0 aliphatic carbocycles. The summed E-state index contributed by atoms with van der Waals surface area (Å²) in [5.74, 6) is -5.11. The summed E-state index contributed by atoms with van der Waals surface area (Å²) < 4.78 is 0. The van der Waals surface area contributed by atoms with Crippen molar-refractivity contribution in [3.63, 3.8) is 0 Å². The van der Waals surface area contributed by atoms with Crippen molar-refractivity contribution in [3.05, 3.63) is 0 Å². The molecule has 0 saturated carbocycles. The molecule has 1 aliphatic rings. The molecular weight excluding hydrogens is 746 g/mol. The van der Waals surface area contributed by atoms with Gasteiger partial charge in [0.25, 0.3) is 0 Å². The Hall–Kier alpha value is -4.85. The topological polar surface area (TPSA) is 302 Å². The van der Waals surface area contributed by atoms with Gasteiger partial charge in [-0.3, -0.25) is 43.2 Å². The second-order valence-electron chi connectivity index (χ2n) is 15.3. The summed E-state index contributed by atoms with van der Waals surface area (Å²) in [7, 11) is 0. The number of carbonyl (C=O) groups is 9. The smallest absolute Gasteiger partial charge is 0.243 e. The quantitative estimate of drug-likeness (QED) is 0.0555. The Morgan fingerprint density at radius 2 is 0.842 bits per heavy atom. The van der Waals surface area contributed by atoms with Crippen LogP contribution in [-0.4, -0.2) is 134 Å². The summed E-state index contributed by atoms with van der Waals surface area (Å²) in [4.78, 5) is 115. The molecule has 0 aromatic rings. The van der Waals surface area contributed by atoms with Crippen LogP contribution in [0.1, 0.15) is 98.8 Å². The molecule has 1 rings (SSSR count). The lowest BCUT2D eigenvalue weighted by atomic mass is 9.94. The van der Waals surface area contributed by atoms with Crippen LogP contribution in [0, 0.1) is 10.8 Å². The molecule has 0 aromatic heterocycles. The predicted molar refractivity (Wildman–Crippen MR) is 207 cm³/mol. The molecule has 11 N–H and O–H groups in total. The Kier molecular flexibility index (Phi) is 23.0. The first-order chi connectivity index (χ1) is 26.9. The lowest BCUT2D eigenvalue weighted by Gasteiger charge is -2.23. The molecule has 57 heavy (non-hydrogen) atoms. The monoisotopic (exact) mass is 811 g/mol. The SMILES string of the molecule is CCC(=O)NCCCCC1NC(=O)CNC(=O)C(CCCCNC(=O)C(C)(C)CO)NC(=O)CNC(=O)C(CCCCNC(=O)C(C)(C)CO)NC(=O)CNC1=O. The largest absolute Gasteiger partial charge is 0.395 e. The second-order valence-corrected chi connectivity index (χ2v) is 15.3. The predicted octanol–water partition coefficient (Wildman–Crippen LogP) is -2.89. The summed E-state index contributed by atoms with van der Waals surface area (Å²) in [6.07, 6.45) is 3.06. The molecule has 0 radical (unpaired) electrons. The molecular formula is C37H65N9O11. The molecule has 0 aromatic carbocycles. The van der Waals surface area contributed by atoms with E-state index in [1.807, 2.05) is 0 Å². The first kappa shape index (κ1) is 50.2. The highest BCUT2D eigenvalue weighted by atomic mass is 16.3. The molecule has 0 bridgehead atoms. The average molecular weight is 812 g/mol. The van der Waals surface area contributed by atoms with Crippen LogP contribution in [0.15, 0.2) is 0 Å². The number of aliphatic hydroxyl groups excluding tert-OH is 2. The first-order valence-electron chi connectivity index (χ1n) is 19.6. The van der Waals surface area contributed by atoms with Crippen molar-refractivity contribution in [2.24, 2.45) is 10.8 Å². The van der Waals surface area contributed by atoms with Gasteiger partial charge in [-0.2, -0.15) is 0 Å². The third kappa shape index (κ3) is 20.2. The van der Waals surface area contributed by atoms with Crippen LogP contribution in [0.2, 0.25) is 0 Å². The van der Waals surface area contributed by atoms with Crippen LogP contribution >= 0.6 is 0 Å². The Morgan fingerprint density at radius 3 is 1.12 bits per heavy atom. The van der Waals surface area contributed by atoms with Gasteiger partial charge in [0.05, 0.1) is 43.7 Å². The van der Waals surface area contributed by atoms with Gasteiger partial charge in [-0.1, -0.05) is 6.92 Å². The van der Waals surface area contributed by atoms with E-state index in [0.717, 1.165) is 0 Å². The fraction of sp³-hybridized carbons (Fsp3) is 0.757. The molecule has 0 spiro atoms. The fourth-order valence-electron chi connectivity index (χ4n) is 5.21. The first-order valence-corrected chi connectivity index (χ1v) is 19.6. The number of aliphatic hydroxyl groups is 2. The maximum atomic E-state index is 13.3. The molecule has 9 amide bonds. The minimum Gasteiger partial charge on any atom is -0.395 e. The van der Waals surface area contributed by atoms with Crippen molar-refractivity contribution < 1.29 is 53.4 Å². The van der Waals surface area contributed by atoms with Gasteiger partial charge in [0.2, 0.25) is 53.2 Å². The van der Waals surface area contributed by atoms with E-state index in [1.165, 1.54) is 0 Å². The summed E-state index contributed by atoms with van der Waals surface area (Å²) in [6, 6.07) is -3.41. The minimum atomic E-state index is -1.15. The Bertz CT molecular complexity index is 1350. The third-order valence-corrected chi connectivity index (χ3v) is 9.22. The Labute approximate surface area is 334 Å². The van der Waals surface area contributed by atoms with Crippen LogP contribution in [-0.2, 0) is 43.2 Å². The molecule has 3 unspecified atom stereocenters. The second kappa shape index (κ2) is 26.1. The van der Waals surface area contributed by atoms with E-state index < -0.39 is 84.0 Å². The van der Waals surface area contributed by atoms with Crippen molar-refractivity contribution in [2.75, 3.05) is 52.5 Å². The molecule has 1 fully saturated rings. The highest BCUT2D eigenvalue weighted by molar-refractivity contribution is 5.96. The fourth-order valence-corrected chi connectivity index (χ4v) is 5.21. The standard InChI is InChI=1S/C37H65N9O11/c1-6-27(49)38-16-10-7-13-24-31(53)41-20-29(51)45-26(15-9-12-18-40-35(57)37(4,5)23-48)33(55)43-21-30(52)46-25(32(54)42-19-28(50)44-24)14-8-11-17-39-34(56)36(2,3)22-47/h24-26,47-48H,6-23H2,1-5H3,(H,38,49)(H,39,56)(H,40,57)(H,41,53)(H,42,54)(H,43,55)(H,44,50)(H,45,51)(H,46,52). The number of carbonyl (C=O) groups excluding carboxylic acids is 9. The average Bonchev–Trinajstić information content (AvgIpc) is 3.18. The van der Waals surface area contributed by atoms with E-state index in [2.05, 4.69) is 47.9 Å². The molecule has 3 atom stereocenters. The zero-order valence-electron chi connectivity index (χ0n) is 34.0. The Morgan fingerprint density at radius 1 is 0.544 bits per heavy atom. The lowest BCUT2D eigenvalue weighted by Crippen LogP contribution is -2.56. The number of nitrogens with one attached hydrogen (secondary N) is 9. The van der Waals surface area contributed by atoms with Crippen LogP contribution in [0.5, 0.6) is 0 Å². The van der Waals surface area contributed by atoms with Gasteiger partial charge < -0.3 is 58.1 Å². The summed E-state index contributed by atoms with van der Waals surface area (Å²) in [5.41, 5.74) is -1.97. The van der Waals surface area contributed by atoms with Gasteiger partial charge in [-0.25, -0.2) is 0 Å². The van der Waals surface area contributed by atoms with E-state index in [1.54, 1.807) is 34.6 Å². The van der Waals surface area contributed by atoms with Crippen molar-refractivity contribution in [1.29, 1.82) is 0 Å². The zero-order chi connectivity index (χ0) is 43.0. The van der Waals surface area contributed by atoms with E-state index >= 15 is 0 Å². The van der Waals surface area contributed by atoms with Gasteiger partial charge in [0, 0.05) is 26.1 Å². The van der Waals surface area contributed by atoms with Gasteiger partial charge in [0.1, 0.15) is 18.1 Å². The van der Waals surface area contributed by atoms with Crippen LogP contribution in [0.3, 0.4) is 0 Å². The molecule has 1 heterocycles. The highest BCUT2D eigenvalue weighted by Gasteiger charge is 2.29. The van der Waals surface area contributed by atoms with Crippen LogP contribution < -0.4 is 47.9 Å². The number of hydrogen-bond donors (Lipinski definition) is 11. The van der Waals surface area contributed by atoms with Crippen LogP contribution in [0.4, 0.5) is 0 Å². The van der Waals surface area contributed by atoms with Gasteiger partial charge in [-0.05, 0) is 85.5 Å². The molecule has 324 valence electrons. The van der Waals surface area contributed by atoms with Crippen molar-refractivity contribution in [2.45, 2.75) is 117 Å². The third-order valence-electron chi connectivity index (χ3n) is 9.22. The van der Waals surface area contributed by atoms with E-state index in [0.29, 0.717) is 51.5 Å². The van der Waals surface area contributed by atoms with Gasteiger partial charge in [-0.15, -0.1) is 0 Å². The molecule has 20 heteroatoms. The molecule has 1 aliphatic heterocycles. The number of unbranched alkanes of at least 4 members (excludes halogenated alkanes) is 3. The van der Waals surface area contributed by atoms with Gasteiger partial charge >= 0.3 is 0 Å². The number of rotatable bonds is 20. The van der Waals surface area contributed by atoms with E-state index in [9.17, 15) is 53.4 Å².